The van der Waals surface area contributed by atoms with Gasteiger partial charge in [-0.05, 0) is 76.3 Å². The zero-order valence-electron chi connectivity index (χ0n) is 28.1. The lowest BCUT2D eigenvalue weighted by atomic mass is 10.0. The van der Waals surface area contributed by atoms with Crippen LogP contribution in [0, 0.1) is 11.8 Å². The molecule has 1 rings (SSSR count). The average molecular weight is 596 g/mol. The maximum absolute atomic E-state index is 12.4. The number of rotatable bonds is 31. The van der Waals surface area contributed by atoms with Gasteiger partial charge in [-0.3, -0.25) is 9.59 Å². The van der Waals surface area contributed by atoms with E-state index in [1.165, 1.54) is 70.6 Å². The van der Waals surface area contributed by atoms with Gasteiger partial charge in [-0.2, -0.15) is 0 Å². The predicted octanol–water partition coefficient (Wildman–Crippen LogP) is 9.01. The molecule has 0 aromatic carbocycles. The number of ether oxygens (including phenoxy) is 2. The van der Waals surface area contributed by atoms with Gasteiger partial charge < -0.3 is 19.5 Å². The van der Waals surface area contributed by atoms with Crippen LogP contribution in [0.15, 0.2) is 0 Å². The van der Waals surface area contributed by atoms with E-state index in [9.17, 15) is 14.7 Å². The van der Waals surface area contributed by atoms with Crippen molar-refractivity contribution in [1.82, 2.24) is 4.90 Å². The van der Waals surface area contributed by atoms with E-state index >= 15 is 0 Å². The minimum absolute atomic E-state index is 0.0148. The first kappa shape index (κ1) is 38.9. The number of carbonyl (C=O) groups excluding carboxylic acids is 2. The third kappa shape index (κ3) is 22.4. The van der Waals surface area contributed by atoms with Gasteiger partial charge in [0.15, 0.2) is 0 Å². The van der Waals surface area contributed by atoms with Gasteiger partial charge in [0.25, 0.3) is 0 Å². The van der Waals surface area contributed by atoms with Crippen molar-refractivity contribution in [2.24, 2.45) is 11.8 Å². The lowest BCUT2D eigenvalue weighted by Crippen LogP contribution is -2.29. The van der Waals surface area contributed by atoms with Crippen molar-refractivity contribution in [3.8, 4) is 0 Å². The summed E-state index contributed by atoms with van der Waals surface area (Å²) in [4.78, 5) is 26.9. The van der Waals surface area contributed by atoms with Crippen LogP contribution in [0.25, 0.3) is 0 Å². The van der Waals surface area contributed by atoms with Crippen LogP contribution in [0.1, 0.15) is 168 Å². The summed E-state index contributed by atoms with van der Waals surface area (Å²) >= 11 is 0. The second-order valence-electron chi connectivity index (χ2n) is 12.9. The van der Waals surface area contributed by atoms with Crippen LogP contribution < -0.4 is 0 Å². The van der Waals surface area contributed by atoms with Crippen molar-refractivity contribution in [2.75, 3.05) is 32.8 Å². The largest absolute Gasteiger partial charge is 0.465 e. The number of aliphatic hydroxyl groups excluding tert-OH is 1. The van der Waals surface area contributed by atoms with Gasteiger partial charge in [-0.1, -0.05) is 104 Å². The highest BCUT2D eigenvalue weighted by Crippen LogP contribution is 2.42. The van der Waals surface area contributed by atoms with Crippen molar-refractivity contribution in [2.45, 2.75) is 175 Å². The molecular formula is C36H69NO5. The number of hydrogen-bond acceptors (Lipinski definition) is 6. The van der Waals surface area contributed by atoms with Crippen molar-refractivity contribution in [3.05, 3.63) is 0 Å². The third-order valence-electron chi connectivity index (χ3n) is 8.89. The van der Waals surface area contributed by atoms with Crippen LogP contribution in [-0.4, -0.2) is 60.9 Å². The van der Waals surface area contributed by atoms with Crippen molar-refractivity contribution >= 4 is 11.9 Å². The smallest absolute Gasteiger partial charge is 0.306 e. The number of carbonyl (C=O) groups is 2. The van der Waals surface area contributed by atoms with E-state index < -0.39 is 0 Å². The Morgan fingerprint density at radius 2 is 1.24 bits per heavy atom. The maximum atomic E-state index is 12.4. The minimum Gasteiger partial charge on any atom is -0.465 e. The van der Waals surface area contributed by atoms with Gasteiger partial charge in [-0.15, -0.1) is 0 Å². The Morgan fingerprint density at radius 3 is 1.95 bits per heavy atom. The molecule has 0 saturated heterocycles. The highest BCUT2D eigenvalue weighted by Gasteiger charge is 2.37. The topological polar surface area (TPSA) is 76.1 Å². The zero-order valence-corrected chi connectivity index (χ0v) is 28.1. The summed E-state index contributed by atoms with van der Waals surface area (Å²) < 4.78 is 11.4. The molecule has 0 heterocycles. The van der Waals surface area contributed by atoms with Crippen molar-refractivity contribution < 1.29 is 24.2 Å². The molecule has 0 radical (unpaired) electrons. The Morgan fingerprint density at radius 1 is 0.667 bits per heavy atom. The Hall–Kier alpha value is -1.14. The second kappa shape index (κ2) is 27.4. The van der Waals surface area contributed by atoms with Crippen LogP contribution in [0.5, 0.6) is 0 Å². The molecule has 248 valence electrons. The first-order valence-corrected chi connectivity index (χ1v) is 18.2. The maximum Gasteiger partial charge on any atom is 0.306 e. The number of aliphatic hydroxyl groups is 1. The van der Waals surface area contributed by atoms with E-state index in [-0.39, 0.29) is 24.6 Å². The highest BCUT2D eigenvalue weighted by atomic mass is 16.5. The number of unbranched alkanes of at least 4 members (excludes halogenated alkanes) is 12. The van der Waals surface area contributed by atoms with Gasteiger partial charge in [0.2, 0.25) is 0 Å². The number of esters is 2. The summed E-state index contributed by atoms with van der Waals surface area (Å²) in [6.45, 7) is 9.85. The summed E-state index contributed by atoms with van der Waals surface area (Å²) in [5, 5.41) is 9.46. The van der Waals surface area contributed by atoms with E-state index in [4.69, 9.17) is 9.47 Å². The third-order valence-corrected chi connectivity index (χ3v) is 8.89. The van der Waals surface area contributed by atoms with E-state index in [1.54, 1.807) is 0 Å². The fraction of sp³-hybridized carbons (Fsp3) is 0.944. The van der Waals surface area contributed by atoms with Gasteiger partial charge in [0.05, 0.1) is 13.2 Å². The SMILES string of the molecule is CCCCCCC(CCCCC)OC(=O)CCCCCCCN(CCO)CCCC(=O)OCC1CC1CCCCCC. The molecule has 1 saturated carbocycles. The monoisotopic (exact) mass is 596 g/mol. The van der Waals surface area contributed by atoms with Crippen LogP contribution in [0.2, 0.25) is 0 Å². The molecule has 0 aromatic heterocycles. The molecular weight excluding hydrogens is 526 g/mol. The first-order valence-electron chi connectivity index (χ1n) is 18.2. The lowest BCUT2D eigenvalue weighted by Gasteiger charge is -2.21. The van der Waals surface area contributed by atoms with Crippen LogP contribution in [0.4, 0.5) is 0 Å². The summed E-state index contributed by atoms with van der Waals surface area (Å²) in [7, 11) is 0. The van der Waals surface area contributed by atoms with E-state index in [0.717, 1.165) is 83.2 Å². The molecule has 0 spiro atoms. The van der Waals surface area contributed by atoms with Crippen LogP contribution in [0.3, 0.4) is 0 Å². The summed E-state index contributed by atoms with van der Waals surface area (Å²) in [5.74, 6) is 1.29. The molecule has 1 fully saturated rings. The Labute approximate surface area is 260 Å². The molecule has 1 N–H and O–H groups in total. The second-order valence-corrected chi connectivity index (χ2v) is 12.9. The predicted molar refractivity (Wildman–Crippen MR) is 175 cm³/mol. The van der Waals surface area contributed by atoms with Crippen molar-refractivity contribution in [3.63, 3.8) is 0 Å². The van der Waals surface area contributed by atoms with Crippen LogP contribution in [-0.2, 0) is 19.1 Å². The quantitative estimate of drug-likeness (QED) is 0.0637. The Kier molecular flexibility index (Phi) is 25.4. The zero-order chi connectivity index (χ0) is 30.7. The molecule has 0 aromatic rings. The molecule has 0 aliphatic heterocycles. The normalized spacial score (nSPS) is 17.0. The van der Waals surface area contributed by atoms with Gasteiger partial charge >= 0.3 is 11.9 Å². The van der Waals surface area contributed by atoms with Gasteiger partial charge in [-0.25, -0.2) is 0 Å². The standard InChI is InChI=1S/C36H69NO5/c1-4-7-10-16-21-32-30-33(32)31-41-35(39)25-20-27-37(28-29-38)26-19-14-12-13-18-24-36(40)42-34(22-15-9-6-3)23-17-11-8-5-2/h32-34,38H,4-31H2,1-3H3. The van der Waals surface area contributed by atoms with Gasteiger partial charge in [0, 0.05) is 19.4 Å². The van der Waals surface area contributed by atoms with Gasteiger partial charge in [0.1, 0.15) is 6.10 Å². The summed E-state index contributed by atoms with van der Waals surface area (Å²) in [6.07, 6.45) is 25.4. The highest BCUT2D eigenvalue weighted by molar-refractivity contribution is 5.69. The van der Waals surface area contributed by atoms with E-state index in [1.807, 2.05) is 0 Å². The summed E-state index contributed by atoms with van der Waals surface area (Å²) in [5.41, 5.74) is 0. The van der Waals surface area contributed by atoms with Crippen LogP contribution >= 0.6 is 0 Å². The first-order chi connectivity index (χ1) is 20.5. The Bertz CT molecular complexity index is 642. The molecule has 3 atom stereocenters. The van der Waals surface area contributed by atoms with E-state index in [0.29, 0.717) is 31.9 Å². The summed E-state index contributed by atoms with van der Waals surface area (Å²) in [6, 6.07) is 0. The molecule has 6 heteroatoms. The van der Waals surface area contributed by atoms with E-state index in [2.05, 4.69) is 25.7 Å². The molecule has 42 heavy (non-hydrogen) atoms. The fourth-order valence-electron chi connectivity index (χ4n) is 5.96. The molecule has 0 amide bonds. The lowest BCUT2D eigenvalue weighted by molar-refractivity contribution is -0.150. The minimum atomic E-state index is -0.0714. The fourth-order valence-corrected chi connectivity index (χ4v) is 5.96. The Balaban J connectivity index is 2.08. The van der Waals surface area contributed by atoms with Crippen molar-refractivity contribution in [1.29, 1.82) is 0 Å². The molecule has 3 unspecified atom stereocenters. The average Bonchev–Trinajstić information content (AvgIpc) is 3.74. The number of nitrogens with zero attached hydrogens (tertiary/aromatic N) is 1. The molecule has 1 aliphatic rings. The number of hydrogen-bond donors (Lipinski definition) is 1. The molecule has 1 aliphatic carbocycles. The molecule has 0 bridgehead atoms. The molecule has 6 nitrogen and oxygen atoms in total.